The molecular weight excluding hydrogens is 770 g/mol. The van der Waals surface area contributed by atoms with Crippen LogP contribution in [0.3, 0.4) is 0 Å². The SMILES string of the molecule is O=C(NCCN(CCNC(=O)c1c(O)c(=O)ccn1CCOCCO)CCNC(O)c1c(O)c(=O)ccn1CCOCCO)c1c(O)c(=O)ccn1CCOCCO. The predicted molar refractivity (Wildman–Crippen MR) is 205 cm³/mol. The summed E-state index contributed by atoms with van der Waals surface area (Å²) in [6, 6.07) is 3.31. The third kappa shape index (κ3) is 14.3. The van der Waals surface area contributed by atoms with Crippen molar-refractivity contribution >= 4 is 11.8 Å². The van der Waals surface area contributed by atoms with Crippen molar-refractivity contribution < 1.29 is 59.5 Å². The summed E-state index contributed by atoms with van der Waals surface area (Å²) in [5.41, 5.74) is -3.03. The van der Waals surface area contributed by atoms with Gasteiger partial charge in [-0.05, 0) is 0 Å². The smallest absolute Gasteiger partial charge is 0.271 e. The Morgan fingerprint density at radius 3 is 1.40 bits per heavy atom. The van der Waals surface area contributed by atoms with Gasteiger partial charge in [0.15, 0.2) is 28.6 Å². The van der Waals surface area contributed by atoms with Crippen LogP contribution in [-0.4, -0.2) is 165 Å². The van der Waals surface area contributed by atoms with Crippen molar-refractivity contribution in [2.75, 3.05) is 98.7 Å². The maximum atomic E-state index is 13.3. The number of aliphatic hydroxyl groups excluding tert-OH is 4. The van der Waals surface area contributed by atoms with Crippen LogP contribution in [0.25, 0.3) is 0 Å². The highest BCUT2D eigenvalue weighted by Crippen LogP contribution is 2.19. The van der Waals surface area contributed by atoms with Crippen LogP contribution in [0, 0.1) is 0 Å². The van der Waals surface area contributed by atoms with Crippen LogP contribution in [0.5, 0.6) is 17.2 Å². The Hall–Kier alpha value is -5.17. The van der Waals surface area contributed by atoms with Crippen LogP contribution >= 0.6 is 0 Å². The van der Waals surface area contributed by atoms with Gasteiger partial charge in [-0.25, -0.2) is 0 Å². The molecule has 0 aliphatic rings. The van der Waals surface area contributed by atoms with Gasteiger partial charge in [-0.3, -0.25) is 34.2 Å². The average molecular weight is 824 g/mol. The van der Waals surface area contributed by atoms with Crippen molar-refractivity contribution in [3.8, 4) is 17.2 Å². The number of nitrogens with zero attached hydrogens (tertiary/aromatic N) is 4. The normalized spacial score (nSPS) is 11.9. The Bertz CT molecular complexity index is 1840. The van der Waals surface area contributed by atoms with E-state index < -0.39 is 51.6 Å². The van der Waals surface area contributed by atoms with Gasteiger partial charge in [0.1, 0.15) is 11.9 Å². The van der Waals surface area contributed by atoms with E-state index in [4.69, 9.17) is 29.5 Å². The molecule has 322 valence electrons. The van der Waals surface area contributed by atoms with Crippen LogP contribution in [0.15, 0.2) is 51.2 Å². The highest BCUT2D eigenvalue weighted by molar-refractivity contribution is 5.95. The van der Waals surface area contributed by atoms with Crippen LogP contribution in [0.2, 0.25) is 0 Å². The Balaban J connectivity index is 1.74. The van der Waals surface area contributed by atoms with Crippen molar-refractivity contribution in [1.82, 2.24) is 34.6 Å². The van der Waals surface area contributed by atoms with Gasteiger partial charge in [-0.2, -0.15) is 0 Å². The van der Waals surface area contributed by atoms with Gasteiger partial charge in [-0.1, -0.05) is 0 Å². The minimum Gasteiger partial charge on any atom is -0.503 e. The molecule has 0 radical (unpaired) electrons. The summed E-state index contributed by atoms with van der Waals surface area (Å²) in [7, 11) is 0. The molecule has 22 heteroatoms. The number of hydrogen-bond donors (Lipinski definition) is 10. The van der Waals surface area contributed by atoms with Crippen LogP contribution in [-0.2, 0) is 33.8 Å². The molecule has 22 nitrogen and oxygen atoms in total. The lowest BCUT2D eigenvalue weighted by atomic mass is 10.2. The zero-order chi connectivity index (χ0) is 42.5. The maximum Gasteiger partial charge on any atom is 0.271 e. The van der Waals surface area contributed by atoms with Gasteiger partial charge < -0.3 is 74.3 Å². The van der Waals surface area contributed by atoms with Crippen molar-refractivity contribution in [3.05, 3.63) is 84.5 Å². The zero-order valence-electron chi connectivity index (χ0n) is 32.0. The molecule has 1 unspecified atom stereocenters. The summed E-state index contributed by atoms with van der Waals surface area (Å²) >= 11 is 0. The first-order valence-corrected chi connectivity index (χ1v) is 18.5. The second-order valence-electron chi connectivity index (χ2n) is 12.5. The molecule has 0 aliphatic heterocycles. The molecule has 0 saturated heterocycles. The number of aliphatic hydroxyl groups is 4. The minimum atomic E-state index is -1.54. The van der Waals surface area contributed by atoms with Gasteiger partial charge >= 0.3 is 0 Å². The summed E-state index contributed by atoms with van der Waals surface area (Å²) in [6.45, 7) is 0.407. The minimum absolute atomic E-state index is 0.0340. The summed E-state index contributed by atoms with van der Waals surface area (Å²) in [6.07, 6.45) is 2.49. The number of nitrogens with one attached hydrogen (secondary N) is 3. The van der Waals surface area contributed by atoms with Crippen molar-refractivity contribution in [2.45, 2.75) is 25.9 Å². The number of rotatable bonds is 28. The fourth-order valence-electron chi connectivity index (χ4n) is 5.64. The monoisotopic (exact) mass is 823 g/mol. The van der Waals surface area contributed by atoms with Gasteiger partial charge in [0.05, 0.1) is 59.5 Å². The number of carbonyl (C=O) groups excluding carboxylic acids is 2. The Morgan fingerprint density at radius 1 is 0.586 bits per heavy atom. The van der Waals surface area contributed by atoms with Crippen LogP contribution in [0.1, 0.15) is 32.9 Å². The van der Waals surface area contributed by atoms with Gasteiger partial charge in [0.25, 0.3) is 11.8 Å². The molecule has 0 saturated carbocycles. The van der Waals surface area contributed by atoms with E-state index in [1.165, 1.54) is 32.3 Å². The molecule has 0 fully saturated rings. The Kier molecular flexibility index (Phi) is 20.5. The van der Waals surface area contributed by atoms with E-state index in [0.717, 1.165) is 18.2 Å². The highest BCUT2D eigenvalue weighted by atomic mass is 16.5. The summed E-state index contributed by atoms with van der Waals surface area (Å²) in [5, 5.41) is 77.5. The number of aromatic hydroxyl groups is 3. The predicted octanol–water partition coefficient (Wildman–Crippen LogP) is -3.94. The quantitative estimate of drug-likeness (QED) is 0.0247. The summed E-state index contributed by atoms with van der Waals surface area (Å²) < 4.78 is 19.8. The molecule has 3 rings (SSSR count). The van der Waals surface area contributed by atoms with Gasteiger partial charge in [-0.15, -0.1) is 0 Å². The molecule has 2 amide bonds. The molecule has 3 aromatic rings. The fraction of sp³-hybridized carbons (Fsp3) is 0.528. The van der Waals surface area contributed by atoms with E-state index >= 15 is 0 Å². The third-order valence-corrected chi connectivity index (χ3v) is 8.51. The average Bonchev–Trinajstić information content (AvgIpc) is 3.20. The lowest BCUT2D eigenvalue weighted by Gasteiger charge is -2.25. The molecule has 0 spiro atoms. The number of carbonyl (C=O) groups is 2. The van der Waals surface area contributed by atoms with Crippen LogP contribution < -0.4 is 32.2 Å². The second-order valence-corrected chi connectivity index (χ2v) is 12.5. The first-order chi connectivity index (χ1) is 27.9. The molecule has 0 bridgehead atoms. The molecule has 1 atom stereocenters. The molecule has 0 aliphatic carbocycles. The molecular formula is C36H53N7O15. The number of hydrogen-bond acceptors (Lipinski definition) is 17. The van der Waals surface area contributed by atoms with Crippen LogP contribution in [0.4, 0.5) is 0 Å². The summed E-state index contributed by atoms with van der Waals surface area (Å²) in [5.74, 6) is -3.78. The van der Waals surface area contributed by atoms with Crippen molar-refractivity contribution in [1.29, 1.82) is 0 Å². The van der Waals surface area contributed by atoms with E-state index in [-0.39, 0.29) is 135 Å². The van der Waals surface area contributed by atoms with E-state index in [1.807, 2.05) is 0 Å². The topological polar surface area (TPSA) is 309 Å². The van der Waals surface area contributed by atoms with Gasteiger partial charge in [0, 0.05) is 95.7 Å². The number of ether oxygens (including phenoxy) is 3. The second kappa shape index (κ2) is 25.2. The van der Waals surface area contributed by atoms with E-state index in [0.29, 0.717) is 0 Å². The fourth-order valence-corrected chi connectivity index (χ4v) is 5.64. The number of pyridine rings is 3. The first-order valence-electron chi connectivity index (χ1n) is 18.5. The van der Waals surface area contributed by atoms with E-state index in [1.54, 1.807) is 4.90 Å². The lowest BCUT2D eigenvalue weighted by molar-refractivity contribution is 0.0815. The third-order valence-electron chi connectivity index (χ3n) is 8.51. The standard InChI is InChI=1S/C36H53N7O15/c44-16-22-56-19-13-41-7-1-25(47)31(50)28(41)34(53)37-4-10-40(11-5-38-35(54)29-32(51)26(48)2-8-42(29)14-20-57-23-17-45)12-6-39-36(55)30-33(52)27(49)3-9-43(30)15-21-58-24-18-46/h1-3,7-9,34,37,44-46,50-53H,4-6,10-24H2,(H,38,54)(H,39,55). The maximum absolute atomic E-state index is 13.3. The highest BCUT2D eigenvalue weighted by Gasteiger charge is 2.22. The molecule has 10 N–H and O–H groups in total. The van der Waals surface area contributed by atoms with Gasteiger partial charge in [0.2, 0.25) is 16.3 Å². The van der Waals surface area contributed by atoms with E-state index in [9.17, 15) is 44.4 Å². The van der Waals surface area contributed by atoms with E-state index in [2.05, 4.69) is 16.0 Å². The van der Waals surface area contributed by atoms with Crippen molar-refractivity contribution in [2.24, 2.45) is 0 Å². The number of aromatic nitrogens is 3. The molecule has 3 heterocycles. The molecule has 58 heavy (non-hydrogen) atoms. The Labute approximate surface area is 332 Å². The summed E-state index contributed by atoms with van der Waals surface area (Å²) in [4.78, 5) is 64.9. The largest absolute Gasteiger partial charge is 0.503 e. The van der Waals surface area contributed by atoms with Crippen molar-refractivity contribution in [3.63, 3.8) is 0 Å². The lowest BCUT2D eigenvalue weighted by Crippen LogP contribution is -2.43. The first kappa shape index (κ1) is 47.2. The molecule has 3 aromatic heterocycles. The number of amides is 2. The zero-order valence-corrected chi connectivity index (χ0v) is 32.0. The molecule has 0 aromatic carbocycles. The Morgan fingerprint density at radius 2 is 0.966 bits per heavy atom.